The molecule has 1 aromatic rings. The number of aliphatic carboxylic acids is 1. The first-order chi connectivity index (χ1) is 7.40. The highest BCUT2D eigenvalue weighted by Crippen LogP contribution is 2.22. The van der Waals surface area contributed by atoms with Crippen LogP contribution in [0, 0.1) is 6.92 Å². The maximum absolute atomic E-state index is 10.7. The van der Waals surface area contributed by atoms with E-state index in [2.05, 4.69) is 23.8 Å². The van der Waals surface area contributed by atoms with E-state index in [-0.39, 0.29) is 0 Å². The standard InChI is InChI=1S/C11H16N2O2S/c1-6(2)9-5-7(3)12-11(13-9)16-8(4)10(14)15/h5-6,8H,1-4H3,(H,14,15). The van der Waals surface area contributed by atoms with Crippen molar-refractivity contribution >= 4 is 17.7 Å². The molecule has 1 aromatic heterocycles. The minimum Gasteiger partial charge on any atom is -0.480 e. The first kappa shape index (κ1) is 13.0. The molecule has 1 N–H and O–H groups in total. The second kappa shape index (κ2) is 5.30. The third-order valence-corrected chi connectivity index (χ3v) is 3.02. The molecular weight excluding hydrogens is 224 g/mol. The minimum absolute atomic E-state index is 0.321. The number of thioether (sulfide) groups is 1. The van der Waals surface area contributed by atoms with Crippen molar-refractivity contribution in [2.75, 3.05) is 0 Å². The normalized spacial score (nSPS) is 12.8. The van der Waals surface area contributed by atoms with Crippen LogP contribution in [0.25, 0.3) is 0 Å². The Hall–Kier alpha value is -1.10. The van der Waals surface area contributed by atoms with Crippen LogP contribution in [-0.2, 0) is 4.79 Å². The van der Waals surface area contributed by atoms with Crippen LogP contribution in [0.2, 0.25) is 0 Å². The molecule has 0 aromatic carbocycles. The molecule has 0 radical (unpaired) electrons. The van der Waals surface area contributed by atoms with Crippen LogP contribution in [-0.4, -0.2) is 26.3 Å². The third kappa shape index (κ3) is 3.48. The lowest BCUT2D eigenvalue weighted by Crippen LogP contribution is -2.12. The number of carbonyl (C=O) groups is 1. The summed E-state index contributed by atoms with van der Waals surface area (Å²) in [6.07, 6.45) is 0. The van der Waals surface area contributed by atoms with Crippen LogP contribution in [0.4, 0.5) is 0 Å². The fourth-order valence-corrected chi connectivity index (χ4v) is 1.89. The van der Waals surface area contributed by atoms with E-state index in [1.807, 2.05) is 13.0 Å². The molecular formula is C11H16N2O2S. The lowest BCUT2D eigenvalue weighted by Gasteiger charge is -2.09. The van der Waals surface area contributed by atoms with E-state index < -0.39 is 11.2 Å². The van der Waals surface area contributed by atoms with E-state index in [1.165, 1.54) is 11.8 Å². The Bertz CT molecular complexity index is 394. The highest BCUT2D eigenvalue weighted by atomic mass is 32.2. The molecule has 0 aliphatic heterocycles. The summed E-state index contributed by atoms with van der Waals surface area (Å²) < 4.78 is 0. The minimum atomic E-state index is -0.846. The van der Waals surface area contributed by atoms with E-state index in [9.17, 15) is 4.79 Å². The zero-order valence-electron chi connectivity index (χ0n) is 9.89. The van der Waals surface area contributed by atoms with E-state index in [1.54, 1.807) is 6.92 Å². The van der Waals surface area contributed by atoms with Gasteiger partial charge in [-0.05, 0) is 25.8 Å². The van der Waals surface area contributed by atoms with Crippen molar-refractivity contribution in [3.8, 4) is 0 Å². The Labute approximate surface area is 99.5 Å². The summed E-state index contributed by atoms with van der Waals surface area (Å²) in [5, 5.41) is 8.83. The van der Waals surface area contributed by atoms with Crippen LogP contribution in [0.3, 0.4) is 0 Å². The van der Waals surface area contributed by atoms with Crippen molar-refractivity contribution in [3.05, 3.63) is 17.5 Å². The van der Waals surface area contributed by atoms with Crippen molar-refractivity contribution in [2.24, 2.45) is 0 Å². The predicted molar refractivity (Wildman–Crippen MR) is 63.8 cm³/mol. The fraction of sp³-hybridized carbons (Fsp3) is 0.545. The number of carboxylic acids is 1. The summed E-state index contributed by atoms with van der Waals surface area (Å²) in [5.74, 6) is -0.526. The zero-order valence-corrected chi connectivity index (χ0v) is 10.7. The number of nitrogens with zero attached hydrogens (tertiary/aromatic N) is 2. The topological polar surface area (TPSA) is 63.1 Å². The molecule has 5 heteroatoms. The van der Waals surface area contributed by atoms with E-state index >= 15 is 0 Å². The Morgan fingerprint density at radius 3 is 2.50 bits per heavy atom. The molecule has 0 bridgehead atoms. The molecule has 4 nitrogen and oxygen atoms in total. The van der Waals surface area contributed by atoms with Crippen molar-refractivity contribution in [1.29, 1.82) is 0 Å². The van der Waals surface area contributed by atoms with Crippen LogP contribution in [0.5, 0.6) is 0 Å². The Morgan fingerprint density at radius 2 is 2.00 bits per heavy atom. The molecule has 0 amide bonds. The SMILES string of the molecule is Cc1cc(C(C)C)nc(SC(C)C(=O)O)n1. The Balaban J connectivity index is 2.92. The predicted octanol–water partition coefficient (Wildman–Crippen LogP) is 2.47. The van der Waals surface area contributed by atoms with Crippen molar-refractivity contribution in [3.63, 3.8) is 0 Å². The molecule has 0 aliphatic rings. The maximum atomic E-state index is 10.7. The van der Waals surface area contributed by atoms with Gasteiger partial charge in [-0.25, -0.2) is 9.97 Å². The second-order valence-electron chi connectivity index (χ2n) is 3.97. The molecule has 0 fully saturated rings. The van der Waals surface area contributed by atoms with Gasteiger partial charge in [0.15, 0.2) is 5.16 Å². The van der Waals surface area contributed by atoms with Gasteiger partial charge in [-0.2, -0.15) is 0 Å². The van der Waals surface area contributed by atoms with Crippen LogP contribution in [0.15, 0.2) is 11.2 Å². The monoisotopic (exact) mass is 240 g/mol. The molecule has 1 atom stereocenters. The summed E-state index contributed by atoms with van der Waals surface area (Å²) in [5.41, 5.74) is 1.83. The third-order valence-electron chi connectivity index (χ3n) is 2.07. The van der Waals surface area contributed by atoms with Crippen molar-refractivity contribution in [1.82, 2.24) is 9.97 Å². The highest BCUT2D eigenvalue weighted by Gasteiger charge is 2.15. The summed E-state index contributed by atoms with van der Waals surface area (Å²) in [6, 6.07) is 1.93. The van der Waals surface area contributed by atoms with Gasteiger partial charge in [0.1, 0.15) is 5.25 Å². The molecule has 88 valence electrons. The number of carboxylic acid groups (broad SMARTS) is 1. The van der Waals surface area contributed by atoms with Gasteiger partial charge in [0.25, 0.3) is 0 Å². The van der Waals surface area contributed by atoms with E-state index in [4.69, 9.17) is 5.11 Å². The molecule has 1 rings (SSSR count). The van der Waals surface area contributed by atoms with Crippen LogP contribution < -0.4 is 0 Å². The van der Waals surface area contributed by atoms with E-state index in [0.717, 1.165) is 11.4 Å². The zero-order chi connectivity index (χ0) is 12.3. The van der Waals surface area contributed by atoms with E-state index in [0.29, 0.717) is 11.1 Å². The number of hydrogen-bond donors (Lipinski definition) is 1. The molecule has 1 heterocycles. The van der Waals surface area contributed by atoms with Gasteiger partial charge in [-0.1, -0.05) is 25.6 Å². The first-order valence-electron chi connectivity index (χ1n) is 5.15. The van der Waals surface area contributed by atoms with Crippen molar-refractivity contribution < 1.29 is 9.90 Å². The van der Waals surface area contributed by atoms with Gasteiger partial charge in [0, 0.05) is 11.4 Å². The largest absolute Gasteiger partial charge is 0.480 e. The second-order valence-corrected chi connectivity index (χ2v) is 5.28. The lowest BCUT2D eigenvalue weighted by molar-refractivity contribution is -0.136. The Kier molecular flexibility index (Phi) is 4.29. The number of aromatic nitrogens is 2. The first-order valence-corrected chi connectivity index (χ1v) is 6.03. The Morgan fingerprint density at radius 1 is 1.38 bits per heavy atom. The molecule has 0 aliphatic carbocycles. The highest BCUT2D eigenvalue weighted by molar-refractivity contribution is 8.00. The van der Waals surface area contributed by atoms with Crippen LogP contribution in [0.1, 0.15) is 38.1 Å². The van der Waals surface area contributed by atoms with Gasteiger partial charge in [-0.3, -0.25) is 4.79 Å². The van der Waals surface area contributed by atoms with Gasteiger partial charge >= 0.3 is 5.97 Å². The van der Waals surface area contributed by atoms with Gasteiger partial charge in [0.2, 0.25) is 0 Å². The smallest absolute Gasteiger partial charge is 0.316 e. The summed E-state index contributed by atoms with van der Waals surface area (Å²) >= 11 is 1.18. The number of aryl methyl sites for hydroxylation is 1. The fourth-order valence-electron chi connectivity index (χ4n) is 1.12. The maximum Gasteiger partial charge on any atom is 0.316 e. The van der Waals surface area contributed by atoms with Gasteiger partial charge in [0.05, 0.1) is 0 Å². The molecule has 0 saturated carbocycles. The molecule has 16 heavy (non-hydrogen) atoms. The van der Waals surface area contributed by atoms with Crippen molar-refractivity contribution in [2.45, 2.75) is 44.0 Å². The quantitative estimate of drug-likeness (QED) is 0.647. The number of rotatable bonds is 4. The number of hydrogen-bond acceptors (Lipinski definition) is 4. The summed E-state index contributed by atoms with van der Waals surface area (Å²) in [7, 11) is 0. The van der Waals surface area contributed by atoms with Crippen LogP contribution >= 0.6 is 11.8 Å². The average molecular weight is 240 g/mol. The molecule has 1 unspecified atom stereocenters. The van der Waals surface area contributed by atoms with Gasteiger partial charge in [-0.15, -0.1) is 0 Å². The summed E-state index contributed by atoms with van der Waals surface area (Å²) in [6.45, 7) is 7.63. The lowest BCUT2D eigenvalue weighted by atomic mass is 10.1. The average Bonchev–Trinajstić information content (AvgIpc) is 2.16. The summed E-state index contributed by atoms with van der Waals surface area (Å²) in [4.78, 5) is 19.3. The van der Waals surface area contributed by atoms with Gasteiger partial charge < -0.3 is 5.11 Å². The molecule has 0 saturated heterocycles. The molecule has 0 spiro atoms.